The van der Waals surface area contributed by atoms with Crippen LogP contribution in [0.5, 0.6) is 0 Å². The number of nitrogens with zero attached hydrogens (tertiary/aromatic N) is 1. The summed E-state index contributed by atoms with van der Waals surface area (Å²) in [4.78, 5) is 2.42. The van der Waals surface area contributed by atoms with Crippen LogP contribution in [0.1, 0.15) is 52.7 Å². The molecule has 0 saturated carbocycles. The lowest BCUT2D eigenvalue weighted by atomic mass is 9.78. The summed E-state index contributed by atoms with van der Waals surface area (Å²) >= 11 is 0. The number of hydrogen-bond acceptors (Lipinski definition) is 3. The van der Waals surface area contributed by atoms with Gasteiger partial charge in [-0.15, -0.1) is 0 Å². The summed E-state index contributed by atoms with van der Waals surface area (Å²) in [5, 5.41) is 6.96. The van der Waals surface area contributed by atoms with E-state index in [1.54, 1.807) is 0 Å². The van der Waals surface area contributed by atoms with E-state index in [0.29, 0.717) is 0 Å². The Kier molecular flexibility index (Phi) is 9.97. The van der Waals surface area contributed by atoms with Crippen LogP contribution in [0.4, 0.5) is 17.1 Å². The fourth-order valence-corrected chi connectivity index (χ4v) is 10.2. The van der Waals surface area contributed by atoms with Crippen LogP contribution in [0.2, 0.25) is 0 Å². The van der Waals surface area contributed by atoms with Gasteiger partial charge in [-0.05, 0) is 138 Å². The van der Waals surface area contributed by atoms with Crippen molar-refractivity contribution in [3.05, 3.63) is 223 Å². The van der Waals surface area contributed by atoms with Crippen molar-refractivity contribution in [2.45, 2.75) is 52.4 Å². The van der Waals surface area contributed by atoms with Gasteiger partial charge in [0.15, 0.2) is 0 Å². The highest BCUT2D eigenvalue weighted by Crippen LogP contribution is 2.47. The molecule has 0 spiro atoms. The van der Waals surface area contributed by atoms with Crippen LogP contribution in [0, 0.1) is 0 Å². The minimum absolute atomic E-state index is 0.0153. The van der Waals surface area contributed by atoms with Crippen LogP contribution in [-0.4, -0.2) is 0 Å². The Balaban J connectivity index is 1.03. The van der Waals surface area contributed by atoms with Crippen LogP contribution in [0.3, 0.4) is 0 Å². The van der Waals surface area contributed by atoms with Crippen molar-refractivity contribution in [3.8, 4) is 44.5 Å². The molecule has 0 fully saturated rings. The highest BCUT2D eigenvalue weighted by molar-refractivity contribution is 6.10. The Morgan fingerprint density at radius 2 is 0.812 bits per heavy atom. The molecule has 0 atom stereocenters. The quantitative estimate of drug-likeness (QED) is 0.160. The second kappa shape index (κ2) is 16.3. The fourth-order valence-electron chi connectivity index (χ4n) is 10.2. The summed E-state index contributed by atoms with van der Waals surface area (Å²) in [5.74, 6) is 0. The van der Waals surface area contributed by atoms with Gasteiger partial charge in [-0.2, -0.15) is 0 Å². The maximum atomic E-state index is 6.39. The predicted molar refractivity (Wildman–Crippen MR) is 292 cm³/mol. The first-order valence-corrected chi connectivity index (χ1v) is 24.1. The summed E-state index contributed by atoms with van der Waals surface area (Å²) in [6.07, 6.45) is 0. The molecule has 0 radical (unpaired) electrons. The zero-order valence-corrected chi connectivity index (χ0v) is 40.0. The first-order valence-electron chi connectivity index (χ1n) is 24.1. The number of benzene rings is 10. The molecule has 334 valence electrons. The highest BCUT2D eigenvalue weighted by Gasteiger charge is 2.24. The van der Waals surface area contributed by atoms with Crippen LogP contribution < -0.4 is 4.90 Å². The third-order valence-electron chi connectivity index (χ3n) is 14.0. The molecule has 3 heteroatoms. The van der Waals surface area contributed by atoms with E-state index in [1.165, 1.54) is 38.6 Å². The van der Waals surface area contributed by atoms with Crippen molar-refractivity contribution in [3.63, 3.8) is 0 Å². The molecular formula is C66H53NO2. The van der Waals surface area contributed by atoms with Gasteiger partial charge in [0.05, 0.1) is 5.69 Å². The van der Waals surface area contributed by atoms with Crippen molar-refractivity contribution in [1.82, 2.24) is 0 Å². The normalized spacial score (nSPS) is 12.2. The molecule has 0 aliphatic heterocycles. The van der Waals surface area contributed by atoms with Gasteiger partial charge < -0.3 is 13.7 Å². The van der Waals surface area contributed by atoms with Crippen LogP contribution in [-0.2, 0) is 10.8 Å². The van der Waals surface area contributed by atoms with E-state index >= 15 is 0 Å². The van der Waals surface area contributed by atoms with E-state index < -0.39 is 0 Å². The minimum Gasteiger partial charge on any atom is -0.456 e. The van der Waals surface area contributed by atoms with Crippen LogP contribution >= 0.6 is 0 Å². The van der Waals surface area contributed by atoms with Gasteiger partial charge in [-0.1, -0.05) is 187 Å². The summed E-state index contributed by atoms with van der Waals surface area (Å²) < 4.78 is 12.7. The van der Waals surface area contributed by atoms with Gasteiger partial charge in [0, 0.05) is 38.5 Å². The van der Waals surface area contributed by atoms with Crippen molar-refractivity contribution in [1.29, 1.82) is 0 Å². The molecule has 3 nitrogen and oxygen atoms in total. The molecule has 12 rings (SSSR count). The van der Waals surface area contributed by atoms with Gasteiger partial charge in [-0.3, -0.25) is 0 Å². The van der Waals surface area contributed by atoms with Crippen molar-refractivity contribution >= 4 is 71.7 Å². The van der Waals surface area contributed by atoms with E-state index in [0.717, 1.165) is 88.8 Å². The molecule has 0 amide bonds. The first kappa shape index (κ1) is 42.2. The molecule has 0 bridgehead atoms. The largest absolute Gasteiger partial charge is 0.456 e. The lowest BCUT2D eigenvalue weighted by molar-refractivity contribution is 0.569. The van der Waals surface area contributed by atoms with Crippen molar-refractivity contribution < 1.29 is 8.83 Å². The van der Waals surface area contributed by atoms with E-state index in [9.17, 15) is 0 Å². The lowest BCUT2D eigenvalue weighted by Crippen LogP contribution is -2.16. The number of anilines is 3. The fraction of sp³-hybridized carbons (Fsp3) is 0.121. The van der Waals surface area contributed by atoms with Crippen molar-refractivity contribution in [2.24, 2.45) is 0 Å². The minimum atomic E-state index is -0.0153. The first-order chi connectivity index (χ1) is 33.4. The number of fused-ring (bicyclic) bond motifs is 7. The Hall–Kier alpha value is -8.14. The van der Waals surface area contributed by atoms with Gasteiger partial charge in [0.2, 0.25) is 0 Å². The molecule has 0 aliphatic carbocycles. The Bertz CT molecular complexity index is 3890. The number of para-hydroxylation sites is 3. The monoisotopic (exact) mass is 891 g/mol. The van der Waals surface area contributed by atoms with Crippen LogP contribution in [0.25, 0.3) is 99.2 Å². The molecule has 0 unspecified atom stereocenters. The zero-order valence-electron chi connectivity index (χ0n) is 40.0. The van der Waals surface area contributed by atoms with Crippen LogP contribution in [0.15, 0.2) is 221 Å². The third kappa shape index (κ3) is 7.56. The van der Waals surface area contributed by atoms with Gasteiger partial charge in [0.25, 0.3) is 0 Å². The number of furan rings is 2. The Labute approximate surface area is 403 Å². The average Bonchev–Trinajstić information content (AvgIpc) is 3.94. The summed E-state index contributed by atoms with van der Waals surface area (Å²) in [5.41, 5.74) is 18.6. The van der Waals surface area contributed by atoms with E-state index in [-0.39, 0.29) is 10.8 Å². The SMILES string of the molecule is CC(C)(C)c1cc(-c2cccc3cccc(-c4ccccc4N(c4ccc(-c5ccc6c(c5)oc5ccccc56)cc4)c4cccc(-c5ccc6c(c5)oc5ccccc56)c4)c23)cc(C(C)(C)C)c1. The van der Waals surface area contributed by atoms with Gasteiger partial charge in [-0.25, -0.2) is 0 Å². The summed E-state index contributed by atoms with van der Waals surface area (Å²) in [6, 6.07) is 77.2. The van der Waals surface area contributed by atoms with Gasteiger partial charge >= 0.3 is 0 Å². The van der Waals surface area contributed by atoms with E-state index in [4.69, 9.17) is 8.83 Å². The predicted octanol–water partition coefficient (Wildman–Crippen LogP) is 19.4. The van der Waals surface area contributed by atoms with E-state index in [2.05, 4.69) is 234 Å². The molecule has 69 heavy (non-hydrogen) atoms. The number of rotatable bonds is 7. The maximum Gasteiger partial charge on any atom is 0.136 e. The van der Waals surface area contributed by atoms with E-state index in [1.807, 2.05) is 24.3 Å². The lowest BCUT2D eigenvalue weighted by Gasteiger charge is -2.29. The standard InChI is InChI=1S/C66H53NO2/c1-65(2,3)48-36-47(37-49(41-48)66(4,5)6)52-23-14-16-43-17-15-24-58(64(43)52)53-20-7-10-25-59(53)67(50-32-28-42(29-33-50)45-30-34-56-54-21-8-11-26-60(54)68-62(56)39-45)51-19-13-18-44(38-51)46-31-35-57-55-22-9-12-27-61(55)69-63(57)40-46/h7-41H,1-6H3. The third-order valence-corrected chi connectivity index (χ3v) is 14.0. The number of hydrogen-bond donors (Lipinski definition) is 0. The summed E-state index contributed by atoms with van der Waals surface area (Å²) in [7, 11) is 0. The smallest absolute Gasteiger partial charge is 0.136 e. The molecular weight excluding hydrogens is 839 g/mol. The van der Waals surface area contributed by atoms with Crippen molar-refractivity contribution in [2.75, 3.05) is 4.90 Å². The topological polar surface area (TPSA) is 29.5 Å². The summed E-state index contributed by atoms with van der Waals surface area (Å²) in [6.45, 7) is 13.9. The Morgan fingerprint density at radius 3 is 1.43 bits per heavy atom. The van der Waals surface area contributed by atoms with Gasteiger partial charge in [0.1, 0.15) is 22.3 Å². The molecule has 2 aromatic heterocycles. The molecule has 2 heterocycles. The molecule has 10 aromatic carbocycles. The maximum absolute atomic E-state index is 6.39. The Morgan fingerprint density at radius 1 is 0.319 bits per heavy atom. The second-order valence-corrected chi connectivity index (χ2v) is 20.6. The average molecular weight is 892 g/mol. The molecule has 0 aliphatic rings. The zero-order chi connectivity index (χ0) is 47.0. The second-order valence-electron chi connectivity index (χ2n) is 20.6. The molecule has 12 aromatic rings. The highest BCUT2D eigenvalue weighted by atomic mass is 16.3. The molecule has 0 N–H and O–H groups in total. The molecule has 0 saturated heterocycles.